The van der Waals surface area contributed by atoms with Gasteiger partial charge in [-0.05, 0) is 38.1 Å². The van der Waals surface area contributed by atoms with Gasteiger partial charge in [0, 0.05) is 6.54 Å². The van der Waals surface area contributed by atoms with Gasteiger partial charge in [-0.25, -0.2) is 0 Å². The average molecular weight is 279 g/mol. The molecule has 1 atom stereocenters. The minimum atomic E-state index is -0.460. The van der Waals surface area contributed by atoms with E-state index in [1.807, 2.05) is 24.3 Å². The van der Waals surface area contributed by atoms with Crippen molar-refractivity contribution in [2.45, 2.75) is 31.8 Å². The molecule has 0 bridgehead atoms. The Bertz CT molecular complexity index is 389. The summed E-state index contributed by atoms with van der Waals surface area (Å²) in [5.74, 6) is 1.39. The standard InChI is InChI=1S/C16H25NO3/c1-19-15-8-4-5-9-16(15)20-13-14(18)12-17-10-6-2-3-7-11-17/h4-5,8-9,14,18H,2-3,6-7,10-13H2,1H3/t14-/m1/s1. The number of β-amino-alcohol motifs (C(OH)–C–C–N with tert-alkyl or cyclic N) is 1. The Morgan fingerprint density at radius 2 is 1.75 bits per heavy atom. The summed E-state index contributed by atoms with van der Waals surface area (Å²) in [6.45, 7) is 3.17. The third-order valence-corrected chi connectivity index (χ3v) is 3.67. The van der Waals surface area contributed by atoms with Gasteiger partial charge in [-0.2, -0.15) is 0 Å². The predicted octanol–water partition coefficient (Wildman–Crippen LogP) is 2.31. The summed E-state index contributed by atoms with van der Waals surface area (Å²) in [5.41, 5.74) is 0. The van der Waals surface area contributed by atoms with Crippen LogP contribution in [0.3, 0.4) is 0 Å². The third kappa shape index (κ3) is 4.69. The number of aliphatic hydroxyl groups excluding tert-OH is 1. The molecule has 1 fully saturated rings. The Morgan fingerprint density at radius 1 is 1.10 bits per heavy atom. The van der Waals surface area contributed by atoms with Crippen molar-refractivity contribution in [3.8, 4) is 11.5 Å². The van der Waals surface area contributed by atoms with Crippen molar-refractivity contribution in [1.29, 1.82) is 0 Å². The summed E-state index contributed by atoms with van der Waals surface area (Å²) in [6.07, 6.45) is 4.63. The molecule has 1 N–H and O–H groups in total. The SMILES string of the molecule is COc1ccccc1OC[C@H](O)CN1CCCCCC1. The molecule has 0 spiro atoms. The quantitative estimate of drug-likeness (QED) is 0.867. The van der Waals surface area contributed by atoms with E-state index >= 15 is 0 Å². The summed E-state index contributed by atoms with van der Waals surface area (Å²) < 4.78 is 10.9. The first kappa shape index (κ1) is 15.1. The number of aliphatic hydroxyl groups is 1. The van der Waals surface area contributed by atoms with Crippen LogP contribution in [0.5, 0.6) is 11.5 Å². The fourth-order valence-corrected chi connectivity index (χ4v) is 2.59. The summed E-state index contributed by atoms with van der Waals surface area (Å²) in [5, 5.41) is 10.1. The van der Waals surface area contributed by atoms with Crippen LogP contribution in [0, 0.1) is 0 Å². The minimum Gasteiger partial charge on any atom is -0.493 e. The molecule has 0 unspecified atom stereocenters. The number of benzene rings is 1. The molecule has 0 aromatic heterocycles. The number of para-hydroxylation sites is 2. The lowest BCUT2D eigenvalue weighted by Gasteiger charge is -2.23. The van der Waals surface area contributed by atoms with Gasteiger partial charge < -0.3 is 19.5 Å². The van der Waals surface area contributed by atoms with Gasteiger partial charge >= 0.3 is 0 Å². The van der Waals surface area contributed by atoms with Crippen molar-refractivity contribution < 1.29 is 14.6 Å². The van der Waals surface area contributed by atoms with Crippen LogP contribution < -0.4 is 9.47 Å². The summed E-state index contributed by atoms with van der Waals surface area (Å²) in [4.78, 5) is 2.34. The number of methoxy groups -OCH3 is 1. The van der Waals surface area contributed by atoms with Crippen molar-refractivity contribution in [2.24, 2.45) is 0 Å². The number of rotatable bonds is 6. The van der Waals surface area contributed by atoms with E-state index in [0.717, 1.165) is 13.1 Å². The molecule has 1 heterocycles. The second kappa shape index (κ2) is 8.12. The van der Waals surface area contributed by atoms with Crippen molar-refractivity contribution in [3.05, 3.63) is 24.3 Å². The zero-order chi connectivity index (χ0) is 14.2. The molecule has 1 aromatic carbocycles. The molecule has 0 amide bonds. The van der Waals surface area contributed by atoms with Gasteiger partial charge in [-0.1, -0.05) is 25.0 Å². The number of ether oxygens (including phenoxy) is 2. The van der Waals surface area contributed by atoms with Gasteiger partial charge in [0.05, 0.1) is 7.11 Å². The van der Waals surface area contributed by atoms with Gasteiger partial charge in [-0.3, -0.25) is 0 Å². The van der Waals surface area contributed by atoms with E-state index in [1.54, 1.807) is 7.11 Å². The molecule has 0 aliphatic carbocycles. The lowest BCUT2D eigenvalue weighted by atomic mass is 10.2. The highest BCUT2D eigenvalue weighted by molar-refractivity contribution is 5.39. The molecule has 0 saturated carbocycles. The minimum absolute atomic E-state index is 0.302. The highest BCUT2D eigenvalue weighted by Gasteiger charge is 2.14. The van der Waals surface area contributed by atoms with Crippen molar-refractivity contribution in [3.63, 3.8) is 0 Å². The monoisotopic (exact) mass is 279 g/mol. The molecule has 1 aliphatic heterocycles. The van der Waals surface area contributed by atoms with Crippen LogP contribution in [0.15, 0.2) is 24.3 Å². The van der Waals surface area contributed by atoms with E-state index in [-0.39, 0.29) is 0 Å². The molecule has 1 aliphatic rings. The third-order valence-electron chi connectivity index (χ3n) is 3.67. The van der Waals surface area contributed by atoms with E-state index in [9.17, 15) is 5.11 Å². The maximum absolute atomic E-state index is 10.1. The first-order valence-electron chi connectivity index (χ1n) is 7.46. The van der Waals surface area contributed by atoms with Crippen molar-refractivity contribution in [2.75, 3.05) is 33.4 Å². The summed E-state index contributed by atoms with van der Waals surface area (Å²) >= 11 is 0. The number of likely N-dealkylation sites (tertiary alicyclic amines) is 1. The van der Waals surface area contributed by atoms with Crippen LogP contribution in [-0.2, 0) is 0 Å². The van der Waals surface area contributed by atoms with E-state index in [2.05, 4.69) is 4.90 Å². The fourth-order valence-electron chi connectivity index (χ4n) is 2.59. The van der Waals surface area contributed by atoms with Crippen LogP contribution in [-0.4, -0.2) is 49.5 Å². The molecule has 1 saturated heterocycles. The van der Waals surface area contributed by atoms with Gasteiger partial charge in [0.15, 0.2) is 11.5 Å². The largest absolute Gasteiger partial charge is 0.493 e. The highest BCUT2D eigenvalue weighted by Crippen LogP contribution is 2.25. The molecule has 1 aromatic rings. The van der Waals surface area contributed by atoms with Gasteiger partial charge in [-0.15, -0.1) is 0 Å². The normalized spacial score (nSPS) is 18.3. The van der Waals surface area contributed by atoms with Crippen LogP contribution in [0.1, 0.15) is 25.7 Å². The summed E-state index contributed by atoms with van der Waals surface area (Å²) in [6, 6.07) is 7.52. The number of hydrogen-bond acceptors (Lipinski definition) is 4. The predicted molar refractivity (Wildman–Crippen MR) is 79.4 cm³/mol. The Labute approximate surface area is 121 Å². The Hall–Kier alpha value is -1.26. The van der Waals surface area contributed by atoms with Crippen LogP contribution >= 0.6 is 0 Å². The van der Waals surface area contributed by atoms with Gasteiger partial charge in [0.1, 0.15) is 12.7 Å². The van der Waals surface area contributed by atoms with Crippen LogP contribution in [0.4, 0.5) is 0 Å². The summed E-state index contributed by atoms with van der Waals surface area (Å²) in [7, 11) is 1.62. The van der Waals surface area contributed by atoms with E-state index in [0.29, 0.717) is 24.7 Å². The van der Waals surface area contributed by atoms with Crippen LogP contribution in [0.25, 0.3) is 0 Å². The van der Waals surface area contributed by atoms with Gasteiger partial charge in [0.25, 0.3) is 0 Å². The van der Waals surface area contributed by atoms with Crippen LogP contribution in [0.2, 0.25) is 0 Å². The molecule has 20 heavy (non-hydrogen) atoms. The fraction of sp³-hybridized carbons (Fsp3) is 0.625. The lowest BCUT2D eigenvalue weighted by Crippen LogP contribution is -2.36. The van der Waals surface area contributed by atoms with E-state index in [4.69, 9.17) is 9.47 Å². The first-order valence-corrected chi connectivity index (χ1v) is 7.46. The number of hydrogen-bond donors (Lipinski definition) is 1. The molecule has 112 valence electrons. The molecular weight excluding hydrogens is 254 g/mol. The topological polar surface area (TPSA) is 41.9 Å². The lowest BCUT2D eigenvalue weighted by molar-refractivity contribution is 0.0683. The zero-order valence-electron chi connectivity index (χ0n) is 12.3. The van der Waals surface area contributed by atoms with Gasteiger partial charge in [0.2, 0.25) is 0 Å². The Balaban J connectivity index is 1.77. The number of nitrogens with zero attached hydrogens (tertiary/aromatic N) is 1. The first-order chi connectivity index (χ1) is 9.79. The molecular formula is C16H25NO3. The maximum atomic E-state index is 10.1. The maximum Gasteiger partial charge on any atom is 0.161 e. The highest BCUT2D eigenvalue weighted by atomic mass is 16.5. The zero-order valence-corrected chi connectivity index (χ0v) is 12.3. The van der Waals surface area contributed by atoms with E-state index in [1.165, 1.54) is 25.7 Å². The molecule has 2 rings (SSSR count). The average Bonchev–Trinajstić information content (AvgIpc) is 2.74. The molecule has 0 radical (unpaired) electrons. The second-order valence-electron chi connectivity index (χ2n) is 5.33. The smallest absolute Gasteiger partial charge is 0.161 e. The van der Waals surface area contributed by atoms with Crippen molar-refractivity contribution in [1.82, 2.24) is 4.90 Å². The second-order valence-corrected chi connectivity index (χ2v) is 5.33. The van der Waals surface area contributed by atoms with E-state index < -0.39 is 6.10 Å². The molecule has 4 nitrogen and oxygen atoms in total. The Kier molecular flexibility index (Phi) is 6.15. The van der Waals surface area contributed by atoms with Crippen molar-refractivity contribution >= 4 is 0 Å². The Morgan fingerprint density at radius 3 is 2.40 bits per heavy atom. The molecule has 4 heteroatoms.